The fourth-order valence-electron chi connectivity index (χ4n) is 3.05. The highest BCUT2D eigenvalue weighted by Gasteiger charge is 2.34. The van der Waals surface area contributed by atoms with Crippen molar-refractivity contribution in [3.05, 3.63) is 93.4 Å². The van der Waals surface area contributed by atoms with Crippen LogP contribution in [0.4, 0.5) is 0 Å². The Morgan fingerprint density at radius 3 is 2.30 bits per heavy atom. The van der Waals surface area contributed by atoms with Crippen LogP contribution in [0.15, 0.2) is 59.0 Å². The molecule has 0 saturated heterocycles. The van der Waals surface area contributed by atoms with Crippen molar-refractivity contribution >= 4 is 29.1 Å². The molecule has 5 nitrogen and oxygen atoms in total. The maximum atomic E-state index is 12.6. The van der Waals surface area contributed by atoms with Crippen LogP contribution in [0.2, 0.25) is 5.02 Å². The van der Waals surface area contributed by atoms with Gasteiger partial charge in [-0.1, -0.05) is 48.0 Å². The van der Waals surface area contributed by atoms with E-state index in [1.54, 1.807) is 36.4 Å². The van der Waals surface area contributed by atoms with E-state index in [4.69, 9.17) is 16.0 Å². The van der Waals surface area contributed by atoms with Gasteiger partial charge in [0.25, 0.3) is 5.91 Å². The summed E-state index contributed by atoms with van der Waals surface area (Å²) in [4.78, 5) is 37.4. The van der Waals surface area contributed by atoms with Gasteiger partial charge in [-0.2, -0.15) is 0 Å². The summed E-state index contributed by atoms with van der Waals surface area (Å²) in [6.07, 6.45) is 0.618. The van der Waals surface area contributed by atoms with Crippen molar-refractivity contribution in [3.63, 3.8) is 0 Å². The van der Waals surface area contributed by atoms with Crippen LogP contribution in [0.25, 0.3) is 0 Å². The Morgan fingerprint density at radius 1 is 0.926 bits per heavy atom. The molecule has 0 fully saturated rings. The number of benzene rings is 2. The molecule has 6 heteroatoms. The Bertz CT molecular complexity index is 1010. The van der Waals surface area contributed by atoms with Crippen LogP contribution in [0, 0.1) is 0 Å². The Kier molecular flexibility index (Phi) is 4.38. The Morgan fingerprint density at radius 2 is 1.59 bits per heavy atom. The third-order valence-corrected chi connectivity index (χ3v) is 4.69. The number of nitrogens with one attached hydrogen (secondary N) is 1. The molecule has 0 aliphatic heterocycles. The highest BCUT2D eigenvalue weighted by Crippen LogP contribution is 2.29. The van der Waals surface area contributed by atoms with Gasteiger partial charge in [0.2, 0.25) is 5.78 Å². The van der Waals surface area contributed by atoms with Crippen LogP contribution in [-0.2, 0) is 6.42 Å². The van der Waals surface area contributed by atoms with Crippen LogP contribution in [0.5, 0.6) is 0 Å². The molecule has 1 N–H and O–H groups in total. The van der Waals surface area contributed by atoms with Crippen LogP contribution < -0.4 is 5.32 Å². The third-order valence-electron chi connectivity index (χ3n) is 4.44. The molecule has 3 aromatic rings. The van der Waals surface area contributed by atoms with Crippen LogP contribution in [-0.4, -0.2) is 24.0 Å². The first kappa shape index (κ1) is 17.2. The Labute approximate surface area is 159 Å². The zero-order valence-electron chi connectivity index (χ0n) is 14.1. The molecule has 134 valence electrons. The molecule has 4 rings (SSSR count). The predicted molar refractivity (Wildman–Crippen MR) is 99.5 cm³/mol. The van der Waals surface area contributed by atoms with Gasteiger partial charge in [-0.05, 0) is 24.1 Å². The minimum atomic E-state index is -0.469. The second-order valence-electron chi connectivity index (χ2n) is 6.19. The van der Waals surface area contributed by atoms with Gasteiger partial charge in [0.15, 0.2) is 17.3 Å². The number of fused-ring (bicyclic) bond motifs is 2. The Hall–Kier alpha value is -3.18. The van der Waals surface area contributed by atoms with Gasteiger partial charge in [-0.15, -0.1) is 0 Å². The van der Waals surface area contributed by atoms with Crippen molar-refractivity contribution in [1.29, 1.82) is 0 Å². The van der Waals surface area contributed by atoms with Gasteiger partial charge in [0.05, 0.1) is 5.56 Å². The standard InChI is InChI=1S/C21H14ClNO4/c22-13-7-5-12(6-8-13)9-10-23-21(26)17-11-16-18(24)14-3-1-2-4-15(14)19(25)20(16)27-17/h1-8,11H,9-10H2,(H,23,26). The minimum absolute atomic E-state index is 0.0504. The summed E-state index contributed by atoms with van der Waals surface area (Å²) < 4.78 is 5.43. The maximum Gasteiger partial charge on any atom is 0.287 e. The van der Waals surface area contributed by atoms with E-state index in [9.17, 15) is 14.4 Å². The van der Waals surface area contributed by atoms with Crippen molar-refractivity contribution < 1.29 is 18.8 Å². The minimum Gasteiger partial charge on any atom is -0.447 e. The molecule has 1 aliphatic rings. The number of amides is 1. The van der Waals surface area contributed by atoms with Crippen LogP contribution >= 0.6 is 11.6 Å². The van der Waals surface area contributed by atoms with Gasteiger partial charge in [-0.3, -0.25) is 14.4 Å². The van der Waals surface area contributed by atoms with E-state index in [1.807, 2.05) is 12.1 Å². The number of rotatable bonds is 4. The summed E-state index contributed by atoms with van der Waals surface area (Å²) >= 11 is 5.85. The van der Waals surface area contributed by atoms with E-state index in [0.29, 0.717) is 29.1 Å². The summed E-state index contributed by atoms with van der Waals surface area (Å²) in [5.41, 5.74) is 1.77. The van der Waals surface area contributed by atoms with Gasteiger partial charge < -0.3 is 9.73 Å². The molecular weight excluding hydrogens is 366 g/mol. The van der Waals surface area contributed by atoms with Gasteiger partial charge in [-0.25, -0.2) is 0 Å². The molecule has 1 amide bonds. The molecule has 0 radical (unpaired) electrons. The van der Waals surface area contributed by atoms with Gasteiger partial charge >= 0.3 is 0 Å². The van der Waals surface area contributed by atoms with E-state index < -0.39 is 5.91 Å². The molecule has 0 saturated carbocycles. The largest absolute Gasteiger partial charge is 0.447 e. The number of carbonyl (C=O) groups is 3. The molecule has 0 bridgehead atoms. The number of hydrogen-bond donors (Lipinski definition) is 1. The van der Waals surface area contributed by atoms with Crippen molar-refractivity contribution in [3.8, 4) is 0 Å². The first-order chi connectivity index (χ1) is 13.0. The number of ketones is 2. The van der Waals surface area contributed by atoms with E-state index >= 15 is 0 Å². The fraction of sp³-hybridized carbons (Fsp3) is 0.0952. The second-order valence-corrected chi connectivity index (χ2v) is 6.63. The van der Waals surface area contributed by atoms with E-state index in [0.717, 1.165) is 5.56 Å². The van der Waals surface area contributed by atoms with Crippen LogP contribution in [0.1, 0.15) is 48.2 Å². The lowest BCUT2D eigenvalue weighted by Crippen LogP contribution is -2.25. The van der Waals surface area contributed by atoms with Crippen molar-refractivity contribution in [2.24, 2.45) is 0 Å². The number of halogens is 1. The first-order valence-corrected chi connectivity index (χ1v) is 8.77. The summed E-state index contributed by atoms with van der Waals surface area (Å²) in [5.74, 6) is -1.31. The summed E-state index contributed by atoms with van der Waals surface area (Å²) in [5, 5.41) is 3.39. The Balaban J connectivity index is 1.49. The molecule has 0 atom stereocenters. The normalized spacial score (nSPS) is 12.5. The molecule has 27 heavy (non-hydrogen) atoms. The first-order valence-electron chi connectivity index (χ1n) is 8.39. The van der Waals surface area contributed by atoms with Gasteiger partial charge in [0.1, 0.15) is 0 Å². The predicted octanol–water partition coefficient (Wildman–Crippen LogP) is 3.68. The highest BCUT2D eigenvalue weighted by molar-refractivity contribution is 6.30. The topological polar surface area (TPSA) is 76.4 Å². The third kappa shape index (κ3) is 3.17. The second kappa shape index (κ2) is 6.85. The van der Waals surface area contributed by atoms with Gasteiger partial charge in [0, 0.05) is 28.8 Å². The van der Waals surface area contributed by atoms with E-state index in [1.165, 1.54) is 6.07 Å². The summed E-state index contributed by atoms with van der Waals surface area (Å²) in [6.45, 7) is 0.383. The molecule has 1 aromatic heterocycles. The highest BCUT2D eigenvalue weighted by atomic mass is 35.5. The molecule has 1 aliphatic carbocycles. The van der Waals surface area contributed by atoms with Crippen molar-refractivity contribution in [1.82, 2.24) is 5.32 Å². The number of furan rings is 1. The summed E-state index contributed by atoms with van der Waals surface area (Å²) in [6, 6.07) is 15.2. The SMILES string of the molecule is O=C(NCCc1ccc(Cl)cc1)c1cc2c(o1)C(=O)c1ccccc1C2=O. The molecule has 1 heterocycles. The average Bonchev–Trinajstić information content (AvgIpc) is 3.14. The van der Waals surface area contributed by atoms with Crippen molar-refractivity contribution in [2.75, 3.05) is 6.54 Å². The zero-order valence-corrected chi connectivity index (χ0v) is 14.9. The van der Waals surface area contributed by atoms with E-state index in [2.05, 4.69) is 5.32 Å². The lowest BCUT2D eigenvalue weighted by atomic mass is 9.89. The molecule has 0 unspecified atom stereocenters. The average molecular weight is 380 g/mol. The monoisotopic (exact) mass is 379 g/mol. The lowest BCUT2D eigenvalue weighted by molar-refractivity contribution is 0.0914. The smallest absolute Gasteiger partial charge is 0.287 e. The van der Waals surface area contributed by atoms with Crippen molar-refractivity contribution in [2.45, 2.75) is 6.42 Å². The molecular formula is C21H14ClNO4. The lowest BCUT2D eigenvalue weighted by Gasteiger charge is -2.11. The molecule has 0 spiro atoms. The number of hydrogen-bond acceptors (Lipinski definition) is 4. The van der Waals surface area contributed by atoms with E-state index in [-0.39, 0.29) is 28.7 Å². The maximum absolute atomic E-state index is 12.6. The quantitative estimate of drug-likeness (QED) is 0.586. The van der Waals surface area contributed by atoms with Crippen LogP contribution in [0.3, 0.4) is 0 Å². The molecule has 2 aromatic carbocycles. The zero-order chi connectivity index (χ0) is 19.0. The summed E-state index contributed by atoms with van der Waals surface area (Å²) in [7, 11) is 0. The fourth-order valence-corrected chi connectivity index (χ4v) is 3.17. The number of carbonyl (C=O) groups excluding carboxylic acids is 3.